The summed E-state index contributed by atoms with van der Waals surface area (Å²) in [6, 6.07) is -0.625. The van der Waals surface area contributed by atoms with Gasteiger partial charge in [-0.2, -0.15) is 0 Å². The highest BCUT2D eigenvalue weighted by molar-refractivity contribution is 5.76. The molecule has 0 aromatic rings. The Kier molecular flexibility index (Phi) is 65.9. The molecule has 78 heavy (non-hydrogen) atoms. The van der Waals surface area contributed by atoms with Gasteiger partial charge in [-0.25, -0.2) is 0 Å². The van der Waals surface area contributed by atoms with E-state index >= 15 is 0 Å². The highest BCUT2D eigenvalue weighted by Gasteiger charge is 2.18. The van der Waals surface area contributed by atoms with Gasteiger partial charge in [-0.05, 0) is 64.2 Å². The van der Waals surface area contributed by atoms with Crippen LogP contribution in [0.4, 0.5) is 0 Å². The molecule has 0 rings (SSSR count). The first-order chi connectivity index (χ1) is 38.5. The Morgan fingerprint density at radius 2 is 0.641 bits per heavy atom. The minimum Gasteiger partial charge on any atom is -0.466 e. The molecule has 0 aliphatic carbocycles. The summed E-state index contributed by atoms with van der Waals surface area (Å²) >= 11 is 0. The van der Waals surface area contributed by atoms with E-state index in [1.165, 1.54) is 308 Å². The molecular formula is C72H137NO5. The SMILES string of the molecule is CCCCC/C=C\C/C=C\CCCCCCCC(=O)OCCCCCCCCCCCCCCCCCCCCCCCCCCCCCCCC(=O)N[C@@H](CO)[C@H](O)/C=C/CCCCCCCCCCCCCCCCC. The lowest BCUT2D eigenvalue weighted by molar-refractivity contribution is -0.143. The van der Waals surface area contributed by atoms with Crippen molar-refractivity contribution in [1.29, 1.82) is 0 Å². The first-order valence-electron chi connectivity index (χ1n) is 35.3. The van der Waals surface area contributed by atoms with Gasteiger partial charge in [0.2, 0.25) is 5.91 Å². The third-order valence-corrected chi connectivity index (χ3v) is 16.4. The lowest BCUT2D eigenvalue weighted by Crippen LogP contribution is -2.45. The van der Waals surface area contributed by atoms with Crippen molar-refractivity contribution in [2.24, 2.45) is 0 Å². The van der Waals surface area contributed by atoms with Gasteiger partial charge in [-0.3, -0.25) is 9.59 Å². The number of hydrogen-bond donors (Lipinski definition) is 3. The van der Waals surface area contributed by atoms with E-state index in [0.29, 0.717) is 19.4 Å². The number of nitrogens with one attached hydrogen (secondary N) is 1. The standard InChI is InChI=1S/C72H137NO5/c1-3-5-7-9-11-13-15-17-19-33-37-40-44-48-52-56-60-64-70(75)69(68-74)73-71(76)65-61-57-53-49-45-41-38-34-31-29-27-25-23-21-20-22-24-26-28-30-32-35-39-43-47-51-55-59-63-67-78-72(77)66-62-58-54-50-46-42-36-18-16-14-12-10-8-6-4-2/h12,14,18,36,60,64,69-70,74-75H,3-11,13,15-17,19-35,37-59,61-63,65-68H2,1-2H3,(H,73,76)/b14-12-,36-18-,64-60+/t69-,70+/m0/s1. The molecule has 1 amide bonds. The van der Waals surface area contributed by atoms with Gasteiger partial charge in [0.15, 0.2) is 0 Å². The van der Waals surface area contributed by atoms with Crippen LogP contribution in [0.2, 0.25) is 0 Å². The fourth-order valence-electron chi connectivity index (χ4n) is 11.0. The number of rotatable bonds is 66. The molecule has 0 fully saturated rings. The van der Waals surface area contributed by atoms with Crippen molar-refractivity contribution in [1.82, 2.24) is 5.32 Å². The molecule has 0 saturated carbocycles. The zero-order chi connectivity index (χ0) is 56.4. The maximum absolute atomic E-state index is 12.5. The Hall–Kier alpha value is -1.92. The van der Waals surface area contributed by atoms with Gasteiger partial charge in [0, 0.05) is 12.8 Å². The lowest BCUT2D eigenvalue weighted by atomic mass is 10.0. The van der Waals surface area contributed by atoms with Gasteiger partial charge in [0.1, 0.15) is 0 Å². The zero-order valence-corrected chi connectivity index (χ0v) is 52.7. The molecule has 0 aromatic heterocycles. The number of esters is 1. The first-order valence-corrected chi connectivity index (χ1v) is 35.3. The summed E-state index contributed by atoms with van der Waals surface area (Å²) in [7, 11) is 0. The lowest BCUT2D eigenvalue weighted by Gasteiger charge is -2.20. The van der Waals surface area contributed by atoms with E-state index in [1.54, 1.807) is 6.08 Å². The highest BCUT2D eigenvalue weighted by atomic mass is 16.5. The summed E-state index contributed by atoms with van der Waals surface area (Å²) in [6.45, 7) is 4.90. The summed E-state index contributed by atoms with van der Waals surface area (Å²) in [5.41, 5.74) is 0. The fraction of sp³-hybridized carbons (Fsp3) is 0.889. The van der Waals surface area contributed by atoms with Crippen molar-refractivity contribution >= 4 is 11.9 Å². The van der Waals surface area contributed by atoms with Crippen LogP contribution in [0.1, 0.15) is 386 Å². The van der Waals surface area contributed by atoms with E-state index < -0.39 is 12.1 Å². The van der Waals surface area contributed by atoms with Crippen LogP contribution in [0.25, 0.3) is 0 Å². The Balaban J connectivity index is 3.36. The molecule has 3 N–H and O–H groups in total. The van der Waals surface area contributed by atoms with Crippen LogP contribution in [0.5, 0.6) is 0 Å². The smallest absolute Gasteiger partial charge is 0.305 e. The Labute approximate surface area is 487 Å². The Morgan fingerprint density at radius 1 is 0.359 bits per heavy atom. The molecule has 0 bridgehead atoms. The monoisotopic (exact) mass is 1100 g/mol. The number of carbonyl (C=O) groups excluding carboxylic acids is 2. The molecule has 0 unspecified atom stereocenters. The number of allylic oxidation sites excluding steroid dienone is 5. The first kappa shape index (κ1) is 76.1. The van der Waals surface area contributed by atoms with E-state index in [9.17, 15) is 19.8 Å². The van der Waals surface area contributed by atoms with Gasteiger partial charge in [0.25, 0.3) is 0 Å². The molecule has 2 atom stereocenters. The van der Waals surface area contributed by atoms with E-state index in [-0.39, 0.29) is 18.5 Å². The number of hydrogen-bond acceptors (Lipinski definition) is 5. The van der Waals surface area contributed by atoms with Gasteiger partial charge in [-0.15, -0.1) is 0 Å². The summed E-state index contributed by atoms with van der Waals surface area (Å²) in [5.74, 6) is -0.0563. The molecule has 0 aliphatic rings. The molecule has 0 spiro atoms. The van der Waals surface area contributed by atoms with Gasteiger partial charge >= 0.3 is 5.97 Å². The number of ether oxygens (including phenoxy) is 1. The van der Waals surface area contributed by atoms with Gasteiger partial charge in [-0.1, -0.05) is 346 Å². The predicted molar refractivity (Wildman–Crippen MR) is 343 cm³/mol. The minimum atomic E-state index is -0.842. The molecule has 0 heterocycles. The van der Waals surface area contributed by atoms with Crippen LogP contribution in [-0.2, 0) is 14.3 Å². The second-order valence-electron chi connectivity index (χ2n) is 24.2. The molecule has 0 radical (unpaired) electrons. The highest BCUT2D eigenvalue weighted by Crippen LogP contribution is 2.19. The quantitative estimate of drug-likeness (QED) is 0.0320. The van der Waals surface area contributed by atoms with E-state index in [0.717, 1.165) is 51.4 Å². The molecule has 0 aromatic carbocycles. The van der Waals surface area contributed by atoms with Gasteiger partial charge < -0.3 is 20.3 Å². The minimum absolute atomic E-state index is 0.00543. The molecular weight excluding hydrogens is 959 g/mol. The maximum Gasteiger partial charge on any atom is 0.305 e. The van der Waals surface area contributed by atoms with Crippen LogP contribution in [0.3, 0.4) is 0 Å². The van der Waals surface area contributed by atoms with Crippen molar-refractivity contribution in [2.45, 2.75) is 398 Å². The average Bonchev–Trinajstić information content (AvgIpc) is 3.44. The van der Waals surface area contributed by atoms with Crippen molar-refractivity contribution in [3.8, 4) is 0 Å². The normalized spacial score (nSPS) is 12.7. The summed E-state index contributed by atoms with van der Waals surface area (Å²) in [5, 5.41) is 23.2. The molecule has 0 saturated heterocycles. The van der Waals surface area contributed by atoms with Crippen molar-refractivity contribution in [2.75, 3.05) is 13.2 Å². The van der Waals surface area contributed by atoms with Crippen LogP contribution < -0.4 is 5.32 Å². The third kappa shape index (κ3) is 63.3. The van der Waals surface area contributed by atoms with E-state index in [1.807, 2.05) is 6.08 Å². The molecule has 0 aliphatic heterocycles. The van der Waals surface area contributed by atoms with E-state index in [2.05, 4.69) is 43.5 Å². The number of aliphatic hydroxyl groups is 2. The number of aliphatic hydroxyl groups excluding tert-OH is 2. The average molecular weight is 1100 g/mol. The molecule has 460 valence electrons. The largest absolute Gasteiger partial charge is 0.466 e. The van der Waals surface area contributed by atoms with Crippen molar-refractivity contribution in [3.63, 3.8) is 0 Å². The van der Waals surface area contributed by atoms with Crippen LogP contribution >= 0.6 is 0 Å². The summed E-state index contributed by atoms with van der Waals surface area (Å²) in [4.78, 5) is 24.6. The van der Waals surface area contributed by atoms with E-state index in [4.69, 9.17) is 4.74 Å². The Morgan fingerprint density at radius 3 is 1.00 bits per heavy atom. The number of unbranched alkanes of at least 4 members (excludes halogenated alkanes) is 51. The fourth-order valence-corrected chi connectivity index (χ4v) is 11.0. The molecule has 6 nitrogen and oxygen atoms in total. The van der Waals surface area contributed by atoms with Crippen molar-refractivity contribution in [3.05, 3.63) is 36.5 Å². The third-order valence-electron chi connectivity index (χ3n) is 16.4. The zero-order valence-electron chi connectivity index (χ0n) is 52.7. The predicted octanol–water partition coefficient (Wildman–Crippen LogP) is 22.7. The van der Waals surface area contributed by atoms with Crippen LogP contribution in [0.15, 0.2) is 36.5 Å². The van der Waals surface area contributed by atoms with Crippen LogP contribution in [-0.4, -0.2) is 47.4 Å². The number of carbonyl (C=O) groups is 2. The second-order valence-corrected chi connectivity index (χ2v) is 24.2. The maximum atomic E-state index is 12.5. The summed E-state index contributed by atoms with van der Waals surface area (Å²) in [6.07, 6.45) is 86.5. The van der Waals surface area contributed by atoms with Crippen LogP contribution in [0, 0.1) is 0 Å². The summed E-state index contributed by atoms with van der Waals surface area (Å²) < 4.78 is 5.49. The van der Waals surface area contributed by atoms with Crippen molar-refractivity contribution < 1.29 is 24.5 Å². The van der Waals surface area contributed by atoms with Gasteiger partial charge in [0.05, 0.1) is 25.4 Å². The number of amides is 1. The second kappa shape index (κ2) is 67.6. The topological polar surface area (TPSA) is 95.9 Å². The Bertz CT molecular complexity index is 1260. The molecule has 6 heteroatoms.